The second-order valence-electron chi connectivity index (χ2n) is 7.73. The Bertz CT molecular complexity index is 1020. The maximum atomic E-state index is 12.9. The summed E-state index contributed by atoms with van der Waals surface area (Å²) in [5.41, 5.74) is 1.46. The predicted molar refractivity (Wildman–Crippen MR) is 129 cm³/mol. The Morgan fingerprint density at radius 1 is 1.00 bits per heavy atom. The molecule has 0 aliphatic carbocycles. The van der Waals surface area contributed by atoms with Crippen molar-refractivity contribution in [1.82, 2.24) is 4.90 Å². The molecule has 3 amide bonds. The Balaban J connectivity index is 1.53. The average Bonchev–Trinajstić information content (AvgIpc) is 2.84. The van der Waals surface area contributed by atoms with Crippen LogP contribution < -0.4 is 15.4 Å². The van der Waals surface area contributed by atoms with Gasteiger partial charge in [0.05, 0.1) is 19.3 Å². The number of nitrogens with zero attached hydrogens (tertiary/aromatic N) is 1. The quantitative estimate of drug-likeness (QED) is 0.542. The van der Waals surface area contributed by atoms with Crippen LogP contribution in [0, 0.1) is 5.92 Å². The van der Waals surface area contributed by atoms with Gasteiger partial charge >= 0.3 is 6.09 Å². The van der Waals surface area contributed by atoms with Crippen molar-refractivity contribution in [3.63, 3.8) is 0 Å². The van der Waals surface area contributed by atoms with Gasteiger partial charge in [0.1, 0.15) is 12.4 Å². The summed E-state index contributed by atoms with van der Waals surface area (Å²) in [6.07, 6.45) is 0.461. The Labute approximate surface area is 203 Å². The highest BCUT2D eigenvalue weighted by Crippen LogP contribution is 2.27. The standard InChI is InChI=1S/C24H28ClN3O6/c1-32-12-13-34-24(31)27-19-5-3-4-18(15-19)26-22(29)16-8-10-28(11-9-16)23(30)20-14-17(25)6-7-21(20)33-2/h3-7,14-16H,8-13H2,1-2H3,(H,26,29)(H,27,31). The molecule has 0 saturated carbocycles. The third-order valence-electron chi connectivity index (χ3n) is 5.44. The number of carbonyl (C=O) groups is 3. The van der Waals surface area contributed by atoms with Gasteiger partial charge in [-0.25, -0.2) is 4.79 Å². The molecule has 2 aromatic carbocycles. The van der Waals surface area contributed by atoms with Gasteiger partial charge in [-0.1, -0.05) is 17.7 Å². The molecule has 9 nitrogen and oxygen atoms in total. The molecule has 1 heterocycles. The first-order valence-corrected chi connectivity index (χ1v) is 11.3. The second kappa shape index (κ2) is 12.2. The van der Waals surface area contributed by atoms with Crippen molar-refractivity contribution in [1.29, 1.82) is 0 Å². The Hall–Kier alpha value is -3.30. The topological polar surface area (TPSA) is 106 Å². The van der Waals surface area contributed by atoms with Crippen LogP contribution in [0.2, 0.25) is 5.02 Å². The Morgan fingerprint density at radius 3 is 2.38 bits per heavy atom. The smallest absolute Gasteiger partial charge is 0.411 e. The number of nitrogens with one attached hydrogen (secondary N) is 2. The van der Waals surface area contributed by atoms with E-state index in [1.165, 1.54) is 14.2 Å². The lowest BCUT2D eigenvalue weighted by molar-refractivity contribution is -0.121. The number of halogens is 1. The third-order valence-corrected chi connectivity index (χ3v) is 5.68. The normalized spacial score (nSPS) is 13.8. The van der Waals surface area contributed by atoms with E-state index in [2.05, 4.69) is 10.6 Å². The number of hydrogen-bond acceptors (Lipinski definition) is 6. The number of methoxy groups -OCH3 is 2. The summed E-state index contributed by atoms with van der Waals surface area (Å²) >= 11 is 6.05. The van der Waals surface area contributed by atoms with Crippen LogP contribution in [0.15, 0.2) is 42.5 Å². The van der Waals surface area contributed by atoms with Crippen LogP contribution in [-0.4, -0.2) is 63.3 Å². The molecule has 1 aliphatic heterocycles. The van der Waals surface area contributed by atoms with Gasteiger partial charge in [-0.3, -0.25) is 14.9 Å². The largest absolute Gasteiger partial charge is 0.496 e. The number of likely N-dealkylation sites (tertiary alicyclic amines) is 1. The van der Waals surface area contributed by atoms with Crippen molar-refractivity contribution in [2.75, 3.05) is 51.2 Å². The highest BCUT2D eigenvalue weighted by atomic mass is 35.5. The minimum atomic E-state index is -0.603. The van der Waals surface area contributed by atoms with Crippen LogP contribution >= 0.6 is 11.6 Å². The minimum absolute atomic E-state index is 0.132. The second-order valence-corrected chi connectivity index (χ2v) is 8.17. The van der Waals surface area contributed by atoms with Crippen LogP contribution in [-0.2, 0) is 14.3 Å². The fourth-order valence-electron chi connectivity index (χ4n) is 3.65. The van der Waals surface area contributed by atoms with E-state index >= 15 is 0 Å². The Kier molecular flexibility index (Phi) is 9.12. The van der Waals surface area contributed by atoms with Crippen molar-refractivity contribution in [3.8, 4) is 5.75 Å². The highest BCUT2D eigenvalue weighted by Gasteiger charge is 2.29. The van der Waals surface area contributed by atoms with E-state index in [-0.39, 0.29) is 24.3 Å². The number of ether oxygens (including phenoxy) is 3. The molecule has 1 fully saturated rings. The number of anilines is 2. The van der Waals surface area contributed by atoms with E-state index in [1.807, 2.05) is 0 Å². The van der Waals surface area contributed by atoms with Crippen LogP contribution in [0.3, 0.4) is 0 Å². The first-order valence-electron chi connectivity index (χ1n) is 10.9. The van der Waals surface area contributed by atoms with Crippen LogP contribution in [0.5, 0.6) is 5.75 Å². The summed E-state index contributed by atoms with van der Waals surface area (Å²) in [5.74, 6) is -0.0760. The molecule has 1 saturated heterocycles. The number of rotatable bonds is 8. The number of carbonyl (C=O) groups excluding carboxylic acids is 3. The molecular weight excluding hydrogens is 462 g/mol. The average molecular weight is 490 g/mol. The molecule has 2 N–H and O–H groups in total. The lowest BCUT2D eigenvalue weighted by atomic mass is 9.95. The molecule has 3 rings (SSSR count). The number of hydrogen-bond donors (Lipinski definition) is 2. The van der Waals surface area contributed by atoms with Gasteiger partial charge in [0.25, 0.3) is 5.91 Å². The number of benzene rings is 2. The zero-order valence-electron chi connectivity index (χ0n) is 19.1. The maximum Gasteiger partial charge on any atom is 0.411 e. The fraction of sp³-hybridized carbons (Fsp3) is 0.375. The molecule has 0 bridgehead atoms. The summed E-state index contributed by atoms with van der Waals surface area (Å²) in [6.45, 7) is 1.34. The molecule has 182 valence electrons. The molecule has 0 unspecified atom stereocenters. The first kappa shape index (κ1) is 25.3. The number of piperidine rings is 1. The predicted octanol–water partition coefficient (Wildman–Crippen LogP) is 4.03. The monoisotopic (exact) mass is 489 g/mol. The number of amides is 3. The molecule has 10 heteroatoms. The molecule has 0 aromatic heterocycles. The summed E-state index contributed by atoms with van der Waals surface area (Å²) in [6, 6.07) is 11.7. The third kappa shape index (κ3) is 6.85. The molecule has 0 spiro atoms. The molecule has 1 aliphatic rings. The summed E-state index contributed by atoms with van der Waals surface area (Å²) in [5, 5.41) is 5.95. The van der Waals surface area contributed by atoms with Crippen LogP contribution in [0.1, 0.15) is 23.2 Å². The zero-order valence-corrected chi connectivity index (χ0v) is 19.9. The fourth-order valence-corrected chi connectivity index (χ4v) is 3.83. The van der Waals surface area contributed by atoms with Crippen molar-refractivity contribution in [2.45, 2.75) is 12.8 Å². The lowest BCUT2D eigenvalue weighted by Gasteiger charge is -2.31. The van der Waals surface area contributed by atoms with E-state index in [1.54, 1.807) is 47.4 Å². The van der Waals surface area contributed by atoms with Gasteiger partial charge in [-0.15, -0.1) is 0 Å². The molecule has 0 atom stereocenters. The van der Waals surface area contributed by atoms with Gasteiger partial charge in [-0.05, 0) is 49.2 Å². The summed E-state index contributed by atoms with van der Waals surface area (Å²) in [7, 11) is 3.02. The van der Waals surface area contributed by atoms with Gasteiger partial charge < -0.3 is 24.4 Å². The van der Waals surface area contributed by atoms with E-state index in [0.717, 1.165) is 0 Å². The van der Waals surface area contributed by atoms with E-state index in [4.69, 9.17) is 25.8 Å². The molecule has 2 aromatic rings. The maximum absolute atomic E-state index is 12.9. The van der Waals surface area contributed by atoms with Crippen molar-refractivity contribution >= 4 is 40.9 Å². The SMILES string of the molecule is COCCOC(=O)Nc1cccc(NC(=O)C2CCN(C(=O)c3cc(Cl)ccc3OC)CC2)c1. The van der Waals surface area contributed by atoms with Crippen LogP contribution in [0.25, 0.3) is 0 Å². The summed E-state index contributed by atoms with van der Waals surface area (Å²) in [4.78, 5) is 39.2. The van der Waals surface area contributed by atoms with E-state index in [0.29, 0.717) is 60.2 Å². The highest BCUT2D eigenvalue weighted by molar-refractivity contribution is 6.31. The van der Waals surface area contributed by atoms with Gasteiger partial charge in [0, 0.05) is 42.5 Å². The van der Waals surface area contributed by atoms with E-state index in [9.17, 15) is 14.4 Å². The molecule has 0 radical (unpaired) electrons. The van der Waals surface area contributed by atoms with Gasteiger partial charge in [0.15, 0.2) is 0 Å². The molecular formula is C24H28ClN3O6. The zero-order chi connectivity index (χ0) is 24.5. The van der Waals surface area contributed by atoms with Gasteiger partial charge in [-0.2, -0.15) is 0 Å². The van der Waals surface area contributed by atoms with Gasteiger partial charge in [0.2, 0.25) is 5.91 Å². The van der Waals surface area contributed by atoms with Crippen LogP contribution in [0.4, 0.5) is 16.2 Å². The summed E-state index contributed by atoms with van der Waals surface area (Å²) < 4.78 is 15.1. The Morgan fingerprint density at radius 2 is 1.71 bits per heavy atom. The van der Waals surface area contributed by atoms with Crippen molar-refractivity contribution < 1.29 is 28.6 Å². The minimum Gasteiger partial charge on any atom is -0.496 e. The van der Waals surface area contributed by atoms with Crippen molar-refractivity contribution in [3.05, 3.63) is 53.1 Å². The van der Waals surface area contributed by atoms with Crippen molar-refractivity contribution in [2.24, 2.45) is 5.92 Å². The first-order chi connectivity index (χ1) is 16.4. The lowest BCUT2D eigenvalue weighted by Crippen LogP contribution is -2.41. The van der Waals surface area contributed by atoms with E-state index < -0.39 is 6.09 Å². The molecule has 34 heavy (non-hydrogen) atoms.